The molecule has 1 aliphatic rings. The number of nitrogens with zero attached hydrogens (tertiary/aromatic N) is 1. The van der Waals surface area contributed by atoms with Crippen LogP contribution < -0.4 is 0 Å². The molecule has 0 spiro atoms. The van der Waals surface area contributed by atoms with Crippen molar-refractivity contribution in [3.8, 4) is 11.1 Å². The molecule has 7 heteroatoms. The largest absolute Gasteiger partial charge is 0.481 e. The fraction of sp³-hybridized carbons (Fsp3) is 0.176. The molecule has 0 heterocycles. The fourth-order valence-corrected chi connectivity index (χ4v) is 3.32. The molecule has 0 fully saturated rings. The summed E-state index contributed by atoms with van der Waals surface area (Å²) >= 11 is 0. The average molecular weight is 327 g/mol. The number of carboxylic acids is 2. The minimum absolute atomic E-state index is 0.147. The average Bonchev–Trinajstić information content (AvgIpc) is 2.85. The van der Waals surface area contributed by atoms with Crippen molar-refractivity contribution < 1.29 is 24.7 Å². The van der Waals surface area contributed by atoms with Crippen LogP contribution in [0.1, 0.15) is 23.5 Å². The molecule has 7 nitrogen and oxygen atoms in total. The molecule has 2 N–H and O–H groups in total. The van der Waals surface area contributed by atoms with E-state index in [1.54, 1.807) is 30.3 Å². The Morgan fingerprint density at radius 2 is 1.75 bits per heavy atom. The topological polar surface area (TPSA) is 118 Å². The number of benzene rings is 2. The van der Waals surface area contributed by atoms with Crippen molar-refractivity contribution in [2.45, 2.75) is 12.3 Å². The molecule has 0 aliphatic heterocycles. The van der Waals surface area contributed by atoms with E-state index >= 15 is 0 Å². The first-order valence-corrected chi connectivity index (χ1v) is 7.22. The highest BCUT2D eigenvalue weighted by Crippen LogP contribution is 2.49. The molecule has 0 radical (unpaired) electrons. The summed E-state index contributed by atoms with van der Waals surface area (Å²) in [7, 11) is 0. The number of rotatable bonds is 5. The molecule has 0 saturated carbocycles. The predicted octanol–water partition coefficient (Wildman–Crippen LogP) is 2.88. The Bertz CT molecular complexity index is 860. The van der Waals surface area contributed by atoms with Crippen LogP contribution in [-0.2, 0) is 9.59 Å². The van der Waals surface area contributed by atoms with E-state index in [1.807, 2.05) is 0 Å². The Labute approximate surface area is 136 Å². The Morgan fingerprint density at radius 1 is 1.08 bits per heavy atom. The van der Waals surface area contributed by atoms with Gasteiger partial charge in [0.15, 0.2) is 0 Å². The second-order valence-corrected chi connectivity index (χ2v) is 5.64. The van der Waals surface area contributed by atoms with Gasteiger partial charge in [0.25, 0.3) is 5.69 Å². The van der Waals surface area contributed by atoms with Gasteiger partial charge in [0.1, 0.15) is 0 Å². The number of aliphatic carboxylic acids is 2. The van der Waals surface area contributed by atoms with Gasteiger partial charge in [0, 0.05) is 18.1 Å². The van der Waals surface area contributed by atoms with Crippen molar-refractivity contribution in [1.29, 1.82) is 0 Å². The SMILES string of the molecule is O=C(O)C[C@@H](C(=O)O)[C@H]1c2ccccc2-c2ccc([N+](=O)[O-])cc21. The maximum atomic E-state index is 11.7. The van der Waals surface area contributed by atoms with Crippen molar-refractivity contribution in [2.75, 3.05) is 0 Å². The van der Waals surface area contributed by atoms with Crippen molar-refractivity contribution in [3.05, 3.63) is 63.7 Å². The van der Waals surface area contributed by atoms with Crippen LogP contribution in [0.15, 0.2) is 42.5 Å². The Kier molecular flexibility index (Phi) is 3.76. The summed E-state index contributed by atoms with van der Waals surface area (Å²) in [5, 5.41) is 29.6. The van der Waals surface area contributed by atoms with Gasteiger partial charge in [-0.05, 0) is 28.3 Å². The van der Waals surface area contributed by atoms with E-state index in [-0.39, 0.29) is 5.69 Å². The number of hydrogen-bond donors (Lipinski definition) is 2. The Morgan fingerprint density at radius 3 is 2.38 bits per heavy atom. The third-order valence-corrected chi connectivity index (χ3v) is 4.28. The zero-order valence-electron chi connectivity index (χ0n) is 12.4. The molecule has 2 aromatic rings. The maximum absolute atomic E-state index is 11.7. The smallest absolute Gasteiger partial charge is 0.308 e. The maximum Gasteiger partial charge on any atom is 0.308 e. The van der Waals surface area contributed by atoms with E-state index < -0.39 is 35.1 Å². The lowest BCUT2D eigenvalue weighted by Gasteiger charge is -2.20. The van der Waals surface area contributed by atoms with Crippen molar-refractivity contribution in [1.82, 2.24) is 0 Å². The van der Waals surface area contributed by atoms with Gasteiger partial charge < -0.3 is 10.2 Å². The van der Waals surface area contributed by atoms with E-state index in [9.17, 15) is 24.8 Å². The number of carboxylic acid groups (broad SMARTS) is 2. The number of carbonyl (C=O) groups is 2. The van der Waals surface area contributed by atoms with Crippen molar-refractivity contribution in [3.63, 3.8) is 0 Å². The van der Waals surface area contributed by atoms with E-state index in [2.05, 4.69) is 0 Å². The van der Waals surface area contributed by atoms with Crippen LogP contribution in [0.2, 0.25) is 0 Å². The van der Waals surface area contributed by atoms with Gasteiger partial charge >= 0.3 is 11.9 Å². The zero-order chi connectivity index (χ0) is 17.4. The second-order valence-electron chi connectivity index (χ2n) is 5.64. The summed E-state index contributed by atoms with van der Waals surface area (Å²) < 4.78 is 0. The third kappa shape index (κ3) is 2.50. The number of non-ortho nitro benzene ring substituents is 1. The lowest BCUT2D eigenvalue weighted by Crippen LogP contribution is -2.24. The van der Waals surface area contributed by atoms with Crippen molar-refractivity contribution >= 4 is 17.6 Å². The first-order valence-electron chi connectivity index (χ1n) is 7.22. The summed E-state index contributed by atoms with van der Waals surface area (Å²) in [6.07, 6.45) is -0.559. The molecule has 0 saturated heterocycles. The van der Waals surface area contributed by atoms with Gasteiger partial charge in [-0.25, -0.2) is 0 Å². The first-order chi connectivity index (χ1) is 11.4. The molecule has 0 aromatic heterocycles. The summed E-state index contributed by atoms with van der Waals surface area (Å²) in [5.41, 5.74) is 2.51. The lowest BCUT2D eigenvalue weighted by atomic mass is 9.82. The van der Waals surface area contributed by atoms with Crippen molar-refractivity contribution in [2.24, 2.45) is 5.92 Å². The summed E-state index contributed by atoms with van der Waals surface area (Å²) in [6, 6.07) is 11.4. The van der Waals surface area contributed by atoms with Crippen LogP contribution in [0.4, 0.5) is 5.69 Å². The number of hydrogen-bond acceptors (Lipinski definition) is 4. The molecular formula is C17H13NO6. The van der Waals surface area contributed by atoms with E-state index in [1.165, 1.54) is 12.1 Å². The molecule has 1 aliphatic carbocycles. The molecule has 122 valence electrons. The normalized spacial score (nSPS) is 16.1. The molecule has 0 amide bonds. The predicted molar refractivity (Wildman–Crippen MR) is 83.8 cm³/mol. The fourth-order valence-electron chi connectivity index (χ4n) is 3.32. The Hall–Kier alpha value is -3.22. The quantitative estimate of drug-likeness (QED) is 0.644. The summed E-state index contributed by atoms with van der Waals surface area (Å²) in [4.78, 5) is 33.3. The minimum Gasteiger partial charge on any atom is -0.481 e. The standard InChI is InChI=1S/C17H13NO6/c19-15(20)8-14(17(21)22)16-12-4-2-1-3-10(12)11-6-5-9(18(23)24)7-13(11)16/h1-7,14,16H,8H2,(H,19,20)(H,21,22)/t14-,16+/m1/s1. The van der Waals surface area contributed by atoms with Gasteiger partial charge in [-0.2, -0.15) is 0 Å². The number of nitro groups is 1. The van der Waals surface area contributed by atoms with Crippen LogP contribution in [0.25, 0.3) is 11.1 Å². The van der Waals surface area contributed by atoms with Crippen LogP contribution >= 0.6 is 0 Å². The first kappa shape index (κ1) is 15.7. The second kappa shape index (κ2) is 5.77. The van der Waals surface area contributed by atoms with Crippen LogP contribution in [-0.4, -0.2) is 27.1 Å². The molecule has 0 unspecified atom stereocenters. The highest BCUT2D eigenvalue weighted by Gasteiger charge is 2.39. The molecule has 24 heavy (non-hydrogen) atoms. The van der Waals surface area contributed by atoms with Gasteiger partial charge in [-0.15, -0.1) is 0 Å². The third-order valence-electron chi connectivity index (χ3n) is 4.28. The van der Waals surface area contributed by atoms with E-state index in [4.69, 9.17) is 5.11 Å². The minimum atomic E-state index is -1.24. The van der Waals surface area contributed by atoms with Gasteiger partial charge in [-0.3, -0.25) is 19.7 Å². The molecular weight excluding hydrogens is 314 g/mol. The van der Waals surface area contributed by atoms with Gasteiger partial charge in [0.05, 0.1) is 17.3 Å². The van der Waals surface area contributed by atoms with Crippen LogP contribution in [0.5, 0.6) is 0 Å². The molecule has 2 atom stereocenters. The zero-order valence-corrected chi connectivity index (χ0v) is 12.4. The number of nitro benzene ring substituents is 1. The monoisotopic (exact) mass is 327 g/mol. The van der Waals surface area contributed by atoms with Gasteiger partial charge in [-0.1, -0.05) is 24.3 Å². The Balaban J connectivity index is 2.22. The highest BCUT2D eigenvalue weighted by atomic mass is 16.6. The van der Waals surface area contributed by atoms with E-state index in [0.717, 1.165) is 5.56 Å². The summed E-state index contributed by atoms with van der Waals surface area (Å²) in [6.45, 7) is 0. The summed E-state index contributed by atoms with van der Waals surface area (Å²) in [5.74, 6) is -4.40. The highest BCUT2D eigenvalue weighted by molar-refractivity contribution is 5.86. The van der Waals surface area contributed by atoms with Crippen LogP contribution in [0.3, 0.4) is 0 Å². The molecule has 3 rings (SSSR count). The molecule has 0 bridgehead atoms. The number of fused-ring (bicyclic) bond motifs is 3. The van der Waals surface area contributed by atoms with Crippen LogP contribution in [0, 0.1) is 16.0 Å². The van der Waals surface area contributed by atoms with Gasteiger partial charge in [0.2, 0.25) is 0 Å². The molecule has 2 aromatic carbocycles. The lowest BCUT2D eigenvalue weighted by molar-refractivity contribution is -0.384. The van der Waals surface area contributed by atoms with E-state index in [0.29, 0.717) is 16.7 Å².